The summed E-state index contributed by atoms with van der Waals surface area (Å²) in [4.78, 5) is 16.9. The van der Waals surface area contributed by atoms with Crippen molar-refractivity contribution in [1.82, 2.24) is 4.90 Å². The lowest BCUT2D eigenvalue weighted by Crippen LogP contribution is -2.46. The Morgan fingerprint density at radius 2 is 1.71 bits per heavy atom. The summed E-state index contributed by atoms with van der Waals surface area (Å²) in [5.74, 6) is -0.324. The Kier molecular flexibility index (Phi) is 5.59. The number of para-hydroxylation sites is 1. The highest BCUT2D eigenvalue weighted by Crippen LogP contribution is 2.16. The van der Waals surface area contributed by atoms with Gasteiger partial charge in [-0.2, -0.15) is 0 Å². The van der Waals surface area contributed by atoms with Crippen LogP contribution in [0.25, 0.3) is 0 Å². The number of hydrogen-bond acceptors (Lipinski definition) is 3. The van der Waals surface area contributed by atoms with Crippen molar-refractivity contribution in [2.24, 2.45) is 0 Å². The molecule has 1 saturated heterocycles. The van der Waals surface area contributed by atoms with Gasteiger partial charge in [-0.15, -0.1) is 0 Å². The first-order chi connectivity index (χ1) is 11.7. The molecule has 4 heteroatoms. The number of nitrogens with zero attached hydrogens (tertiary/aromatic N) is 2. The van der Waals surface area contributed by atoms with Crippen LogP contribution in [0.1, 0.15) is 23.2 Å². The van der Waals surface area contributed by atoms with Crippen molar-refractivity contribution < 1.29 is 9.18 Å². The second-order valence-electron chi connectivity index (χ2n) is 6.20. The molecule has 0 saturated carbocycles. The maximum absolute atomic E-state index is 13.2. The van der Waals surface area contributed by atoms with Crippen molar-refractivity contribution in [3.8, 4) is 0 Å². The van der Waals surface area contributed by atoms with Gasteiger partial charge in [-0.05, 0) is 37.2 Å². The minimum absolute atomic E-state index is 0.0254. The number of halogens is 1. The first kappa shape index (κ1) is 16.7. The van der Waals surface area contributed by atoms with Crippen LogP contribution in [0.15, 0.2) is 54.6 Å². The normalized spacial score (nSPS) is 15.5. The SMILES string of the molecule is O=C(CCCN1CCN(c2ccccc2)CC1)c1cccc(F)c1. The van der Waals surface area contributed by atoms with Crippen LogP contribution in [0.4, 0.5) is 10.1 Å². The summed E-state index contributed by atoms with van der Waals surface area (Å²) < 4.78 is 13.2. The summed E-state index contributed by atoms with van der Waals surface area (Å²) in [6.45, 7) is 4.99. The van der Waals surface area contributed by atoms with Crippen LogP contribution in [-0.4, -0.2) is 43.4 Å². The van der Waals surface area contributed by atoms with Crippen molar-refractivity contribution in [2.45, 2.75) is 12.8 Å². The van der Waals surface area contributed by atoms with Gasteiger partial charge >= 0.3 is 0 Å². The predicted octanol–water partition coefficient (Wildman–Crippen LogP) is 3.61. The number of carbonyl (C=O) groups excluding carboxylic acids is 1. The van der Waals surface area contributed by atoms with E-state index in [1.54, 1.807) is 12.1 Å². The first-order valence-corrected chi connectivity index (χ1v) is 8.53. The van der Waals surface area contributed by atoms with E-state index in [-0.39, 0.29) is 11.6 Å². The van der Waals surface area contributed by atoms with Gasteiger partial charge in [-0.3, -0.25) is 9.69 Å². The zero-order chi connectivity index (χ0) is 16.8. The molecule has 0 unspecified atom stereocenters. The molecule has 2 aromatic carbocycles. The highest BCUT2D eigenvalue weighted by Gasteiger charge is 2.17. The van der Waals surface area contributed by atoms with Crippen LogP contribution in [0.2, 0.25) is 0 Å². The second-order valence-corrected chi connectivity index (χ2v) is 6.20. The molecule has 24 heavy (non-hydrogen) atoms. The molecule has 3 nitrogen and oxygen atoms in total. The summed E-state index contributed by atoms with van der Waals surface area (Å²) in [6, 6.07) is 16.4. The summed E-state index contributed by atoms with van der Waals surface area (Å²) in [5, 5.41) is 0. The predicted molar refractivity (Wildman–Crippen MR) is 95.1 cm³/mol. The van der Waals surface area contributed by atoms with E-state index >= 15 is 0 Å². The van der Waals surface area contributed by atoms with Gasteiger partial charge < -0.3 is 4.90 Å². The third-order valence-electron chi connectivity index (χ3n) is 4.52. The molecule has 3 rings (SSSR count). The minimum Gasteiger partial charge on any atom is -0.369 e. The molecule has 126 valence electrons. The Balaban J connectivity index is 1.40. The van der Waals surface area contributed by atoms with Crippen LogP contribution in [-0.2, 0) is 0 Å². The van der Waals surface area contributed by atoms with Gasteiger partial charge in [-0.1, -0.05) is 30.3 Å². The maximum atomic E-state index is 13.2. The lowest BCUT2D eigenvalue weighted by Gasteiger charge is -2.36. The van der Waals surface area contributed by atoms with Gasteiger partial charge in [0.2, 0.25) is 0 Å². The van der Waals surface area contributed by atoms with Crippen molar-refractivity contribution in [2.75, 3.05) is 37.6 Å². The fourth-order valence-electron chi connectivity index (χ4n) is 3.14. The Bertz CT molecular complexity index is 666. The van der Waals surface area contributed by atoms with Crippen LogP contribution in [0.3, 0.4) is 0 Å². The van der Waals surface area contributed by atoms with Crippen molar-refractivity contribution >= 4 is 11.5 Å². The highest BCUT2D eigenvalue weighted by molar-refractivity contribution is 5.95. The number of Topliss-reactive ketones (excluding diaryl/α,β-unsaturated/α-hetero) is 1. The van der Waals surface area contributed by atoms with E-state index in [0.29, 0.717) is 12.0 Å². The van der Waals surface area contributed by atoms with Gasteiger partial charge in [0.05, 0.1) is 0 Å². The van der Waals surface area contributed by atoms with Crippen molar-refractivity contribution in [3.63, 3.8) is 0 Å². The standard InChI is InChI=1S/C20H23FN2O/c21-18-7-4-6-17(16-18)20(24)10-5-11-22-12-14-23(15-13-22)19-8-2-1-3-9-19/h1-4,6-9,16H,5,10-15H2. The number of rotatable bonds is 6. The highest BCUT2D eigenvalue weighted by atomic mass is 19.1. The van der Waals surface area contributed by atoms with E-state index in [1.165, 1.54) is 17.8 Å². The van der Waals surface area contributed by atoms with Gasteiger partial charge in [0.1, 0.15) is 5.82 Å². The Morgan fingerprint density at radius 3 is 2.42 bits per heavy atom. The van der Waals surface area contributed by atoms with Gasteiger partial charge in [0.15, 0.2) is 5.78 Å². The maximum Gasteiger partial charge on any atom is 0.163 e. The molecular formula is C20H23FN2O. The van der Waals surface area contributed by atoms with E-state index in [2.05, 4.69) is 34.1 Å². The molecule has 1 heterocycles. The summed E-state index contributed by atoms with van der Waals surface area (Å²) in [6.07, 6.45) is 1.29. The van der Waals surface area contributed by atoms with Crippen LogP contribution in [0, 0.1) is 5.82 Å². The molecule has 0 bridgehead atoms. The molecule has 0 aliphatic carbocycles. The number of hydrogen-bond donors (Lipinski definition) is 0. The summed E-state index contributed by atoms with van der Waals surface area (Å²) >= 11 is 0. The number of anilines is 1. The molecule has 0 N–H and O–H groups in total. The van der Waals surface area contributed by atoms with Crippen LogP contribution in [0.5, 0.6) is 0 Å². The monoisotopic (exact) mass is 326 g/mol. The van der Waals surface area contributed by atoms with Gasteiger partial charge in [0.25, 0.3) is 0 Å². The van der Waals surface area contributed by atoms with Crippen LogP contribution >= 0.6 is 0 Å². The third kappa shape index (κ3) is 4.42. The van der Waals surface area contributed by atoms with E-state index in [1.807, 2.05) is 6.07 Å². The average Bonchev–Trinajstić information content (AvgIpc) is 2.63. The zero-order valence-electron chi connectivity index (χ0n) is 13.8. The number of piperazine rings is 1. The van der Waals surface area contributed by atoms with Crippen molar-refractivity contribution in [3.05, 3.63) is 66.0 Å². The molecule has 1 aliphatic heterocycles. The fourth-order valence-corrected chi connectivity index (χ4v) is 3.14. The lowest BCUT2D eigenvalue weighted by atomic mass is 10.1. The molecule has 0 spiro atoms. The number of ketones is 1. The second kappa shape index (κ2) is 8.06. The van der Waals surface area contributed by atoms with Crippen LogP contribution < -0.4 is 4.90 Å². The zero-order valence-corrected chi connectivity index (χ0v) is 13.8. The lowest BCUT2D eigenvalue weighted by molar-refractivity contribution is 0.0973. The average molecular weight is 326 g/mol. The van der Waals surface area contributed by atoms with E-state index in [0.717, 1.165) is 39.1 Å². The first-order valence-electron chi connectivity index (χ1n) is 8.53. The number of carbonyl (C=O) groups is 1. The van der Waals surface area contributed by atoms with E-state index in [4.69, 9.17) is 0 Å². The topological polar surface area (TPSA) is 23.6 Å². The molecule has 1 fully saturated rings. The van der Waals surface area contributed by atoms with Crippen molar-refractivity contribution in [1.29, 1.82) is 0 Å². The van der Waals surface area contributed by atoms with Gasteiger partial charge in [0, 0.05) is 43.9 Å². The molecule has 0 amide bonds. The molecule has 0 aromatic heterocycles. The third-order valence-corrected chi connectivity index (χ3v) is 4.52. The molecular weight excluding hydrogens is 303 g/mol. The fraction of sp³-hybridized carbons (Fsp3) is 0.350. The Labute approximate surface area is 142 Å². The van der Waals surface area contributed by atoms with E-state index < -0.39 is 0 Å². The Hall–Kier alpha value is -2.20. The number of benzene rings is 2. The molecule has 0 radical (unpaired) electrons. The smallest absolute Gasteiger partial charge is 0.163 e. The van der Waals surface area contributed by atoms with Gasteiger partial charge in [-0.25, -0.2) is 4.39 Å². The largest absolute Gasteiger partial charge is 0.369 e. The minimum atomic E-state index is -0.349. The molecule has 2 aromatic rings. The molecule has 0 atom stereocenters. The Morgan fingerprint density at radius 1 is 0.958 bits per heavy atom. The summed E-state index contributed by atoms with van der Waals surface area (Å²) in [7, 11) is 0. The summed E-state index contributed by atoms with van der Waals surface area (Å²) in [5.41, 5.74) is 1.75. The molecule has 1 aliphatic rings. The van der Waals surface area contributed by atoms with E-state index in [9.17, 15) is 9.18 Å². The quantitative estimate of drug-likeness (QED) is 0.758.